The minimum atomic E-state index is 0.312. The molecule has 5 heteroatoms. The van der Waals surface area contributed by atoms with Gasteiger partial charge >= 0.3 is 0 Å². The predicted molar refractivity (Wildman–Crippen MR) is 125 cm³/mol. The fraction of sp³-hybridized carbons (Fsp3) is 0.360. The fourth-order valence-corrected chi connectivity index (χ4v) is 3.98. The Kier molecular flexibility index (Phi) is 6.30. The van der Waals surface area contributed by atoms with Crippen LogP contribution >= 0.6 is 0 Å². The monoisotopic (exact) mass is 404 g/mol. The number of carbonyl (C=O) groups is 1. The highest BCUT2D eigenvalue weighted by Gasteiger charge is 2.31. The number of aromatic nitrogens is 1. The average Bonchev–Trinajstić information content (AvgIpc) is 3.23. The van der Waals surface area contributed by atoms with Gasteiger partial charge < -0.3 is 16.4 Å². The highest BCUT2D eigenvalue weighted by molar-refractivity contribution is 5.85. The second-order valence-corrected chi connectivity index (χ2v) is 9.11. The molecule has 0 saturated carbocycles. The number of rotatable bonds is 5. The Balaban J connectivity index is 1.89. The number of benzene rings is 1. The van der Waals surface area contributed by atoms with E-state index in [2.05, 4.69) is 55.8 Å². The molecule has 3 rings (SSSR count). The minimum Gasteiger partial charge on any atom is -0.404 e. The zero-order chi connectivity index (χ0) is 21.9. The second-order valence-electron chi connectivity index (χ2n) is 9.11. The number of carbonyl (C=O) groups excluding carboxylic acids is 1. The molecule has 2 aromatic rings. The normalized spacial score (nSPS) is 18.0. The summed E-state index contributed by atoms with van der Waals surface area (Å²) in [6.07, 6.45) is 6.89. The lowest BCUT2D eigenvalue weighted by Crippen LogP contribution is -2.25. The molecule has 0 bridgehead atoms. The predicted octanol–water partition coefficient (Wildman–Crippen LogP) is 4.37. The Morgan fingerprint density at radius 3 is 2.63 bits per heavy atom. The van der Waals surface area contributed by atoms with Gasteiger partial charge in [0, 0.05) is 42.4 Å². The van der Waals surface area contributed by atoms with E-state index in [1.165, 1.54) is 18.3 Å². The maximum absolute atomic E-state index is 11.0. The zero-order valence-corrected chi connectivity index (χ0v) is 18.4. The topological polar surface area (TPSA) is 85.2 Å². The van der Waals surface area contributed by atoms with E-state index < -0.39 is 0 Å². The van der Waals surface area contributed by atoms with Crippen LogP contribution in [0.3, 0.4) is 0 Å². The highest BCUT2D eigenvalue weighted by Crippen LogP contribution is 2.36. The van der Waals surface area contributed by atoms with Crippen LogP contribution in [0.1, 0.15) is 54.4 Å². The van der Waals surface area contributed by atoms with Crippen molar-refractivity contribution < 1.29 is 4.79 Å². The Labute approximate surface area is 179 Å². The number of nitrogens with two attached hydrogens (primary N) is 2. The summed E-state index contributed by atoms with van der Waals surface area (Å²) in [4.78, 5) is 17.5. The third-order valence-corrected chi connectivity index (χ3v) is 6.04. The third kappa shape index (κ3) is 4.73. The molecule has 1 aliphatic heterocycles. The van der Waals surface area contributed by atoms with Gasteiger partial charge in [0.15, 0.2) is 6.29 Å². The van der Waals surface area contributed by atoms with Gasteiger partial charge in [0.1, 0.15) is 5.69 Å². The first-order valence-corrected chi connectivity index (χ1v) is 10.4. The lowest BCUT2D eigenvalue weighted by Gasteiger charge is -2.27. The van der Waals surface area contributed by atoms with E-state index in [4.69, 9.17) is 11.5 Å². The number of aryl methyl sites for hydroxylation is 1. The van der Waals surface area contributed by atoms with Crippen LogP contribution in [0, 0.1) is 18.3 Å². The molecule has 1 saturated heterocycles. The largest absolute Gasteiger partial charge is 0.404 e. The summed E-state index contributed by atoms with van der Waals surface area (Å²) in [6, 6.07) is 9.99. The first kappa shape index (κ1) is 21.6. The number of nitrogens with zero attached hydrogens (tertiary/aromatic N) is 2. The Hall–Kier alpha value is -3.08. The van der Waals surface area contributed by atoms with E-state index in [9.17, 15) is 4.79 Å². The molecule has 0 amide bonds. The maximum atomic E-state index is 11.0. The first-order chi connectivity index (χ1) is 14.2. The standard InChI is InChI=1S/C25H32N4O/c1-17-5-6-22(29-10-8-20(15-29)25(2,3)4)13-23(17)24(27)12-19(14-26)18-7-9-28-21(11-18)16-30/h5-7,9,11-14,16,20H,8,10,15,26-27H2,1-4H3/b19-14+,24-12-. The molecule has 0 spiro atoms. The highest BCUT2D eigenvalue weighted by atomic mass is 16.1. The number of anilines is 1. The summed E-state index contributed by atoms with van der Waals surface area (Å²) < 4.78 is 0. The van der Waals surface area contributed by atoms with Gasteiger partial charge in [-0.05, 0) is 71.7 Å². The van der Waals surface area contributed by atoms with Gasteiger partial charge in [-0.15, -0.1) is 0 Å². The first-order valence-electron chi connectivity index (χ1n) is 10.4. The van der Waals surface area contributed by atoms with Crippen molar-refractivity contribution in [1.29, 1.82) is 0 Å². The van der Waals surface area contributed by atoms with Crippen molar-refractivity contribution in [3.8, 4) is 0 Å². The Bertz CT molecular complexity index is 985. The van der Waals surface area contributed by atoms with Crippen molar-refractivity contribution in [3.63, 3.8) is 0 Å². The van der Waals surface area contributed by atoms with E-state index in [0.29, 0.717) is 22.7 Å². The lowest BCUT2D eigenvalue weighted by molar-refractivity contribution is 0.111. The molecule has 0 radical (unpaired) electrons. The molecule has 1 atom stereocenters. The van der Waals surface area contributed by atoms with Gasteiger partial charge in [-0.25, -0.2) is 0 Å². The quantitative estimate of drug-likeness (QED) is 0.571. The molecule has 1 aliphatic rings. The summed E-state index contributed by atoms with van der Waals surface area (Å²) in [5.41, 5.74) is 18.5. The van der Waals surface area contributed by atoms with Crippen LogP contribution in [0.4, 0.5) is 5.69 Å². The molecule has 1 fully saturated rings. The molecule has 1 aromatic carbocycles. The van der Waals surface area contributed by atoms with Crippen molar-refractivity contribution in [2.75, 3.05) is 18.0 Å². The van der Waals surface area contributed by atoms with Gasteiger partial charge in [-0.1, -0.05) is 26.8 Å². The number of hydrogen-bond donors (Lipinski definition) is 2. The molecule has 4 N–H and O–H groups in total. The number of hydrogen-bond acceptors (Lipinski definition) is 5. The van der Waals surface area contributed by atoms with Crippen LogP contribution in [0.2, 0.25) is 0 Å². The molecule has 1 aromatic heterocycles. The van der Waals surface area contributed by atoms with Crippen LogP contribution < -0.4 is 16.4 Å². The van der Waals surface area contributed by atoms with Crippen molar-refractivity contribution in [2.45, 2.75) is 34.1 Å². The van der Waals surface area contributed by atoms with Gasteiger partial charge in [0.2, 0.25) is 0 Å². The summed E-state index contributed by atoms with van der Waals surface area (Å²) >= 11 is 0. The molecule has 0 aliphatic carbocycles. The third-order valence-electron chi connectivity index (χ3n) is 6.04. The molecule has 2 heterocycles. The molecule has 30 heavy (non-hydrogen) atoms. The van der Waals surface area contributed by atoms with Crippen LogP contribution in [0.15, 0.2) is 48.8 Å². The molecular weight excluding hydrogens is 372 g/mol. The lowest BCUT2D eigenvalue weighted by atomic mass is 9.80. The van der Waals surface area contributed by atoms with Crippen molar-refractivity contribution >= 4 is 23.2 Å². The van der Waals surface area contributed by atoms with Gasteiger partial charge in [-0.3, -0.25) is 9.78 Å². The maximum Gasteiger partial charge on any atom is 0.168 e. The molecule has 1 unspecified atom stereocenters. The van der Waals surface area contributed by atoms with Gasteiger partial charge in [0.05, 0.1) is 0 Å². The molecule has 5 nitrogen and oxygen atoms in total. The Morgan fingerprint density at radius 1 is 1.23 bits per heavy atom. The summed E-state index contributed by atoms with van der Waals surface area (Å²) in [5.74, 6) is 0.681. The van der Waals surface area contributed by atoms with Crippen LogP contribution in [0.5, 0.6) is 0 Å². The SMILES string of the molecule is Cc1ccc(N2CCC(C(C)(C)C)C2)cc1/C(N)=C/C(=C\N)c1ccnc(C=O)c1. The van der Waals surface area contributed by atoms with E-state index in [0.717, 1.165) is 41.6 Å². The summed E-state index contributed by atoms with van der Waals surface area (Å²) in [7, 11) is 0. The van der Waals surface area contributed by atoms with E-state index >= 15 is 0 Å². The van der Waals surface area contributed by atoms with E-state index in [-0.39, 0.29) is 0 Å². The van der Waals surface area contributed by atoms with Crippen molar-refractivity contribution in [1.82, 2.24) is 4.98 Å². The van der Waals surface area contributed by atoms with E-state index in [1.54, 1.807) is 12.3 Å². The number of pyridine rings is 1. The fourth-order valence-electron chi connectivity index (χ4n) is 3.98. The molecule has 158 valence electrons. The van der Waals surface area contributed by atoms with Crippen LogP contribution in [-0.2, 0) is 0 Å². The van der Waals surface area contributed by atoms with E-state index in [1.807, 2.05) is 12.1 Å². The van der Waals surface area contributed by atoms with Crippen molar-refractivity contribution in [3.05, 3.63) is 71.2 Å². The van der Waals surface area contributed by atoms with Crippen molar-refractivity contribution in [2.24, 2.45) is 22.8 Å². The second kappa shape index (κ2) is 8.74. The smallest absolute Gasteiger partial charge is 0.168 e. The summed E-state index contributed by atoms with van der Waals surface area (Å²) in [5, 5.41) is 0. The van der Waals surface area contributed by atoms with Gasteiger partial charge in [0.25, 0.3) is 0 Å². The minimum absolute atomic E-state index is 0.312. The van der Waals surface area contributed by atoms with Crippen LogP contribution in [0.25, 0.3) is 11.3 Å². The number of allylic oxidation sites excluding steroid dienone is 2. The average molecular weight is 405 g/mol. The van der Waals surface area contributed by atoms with Gasteiger partial charge in [-0.2, -0.15) is 0 Å². The summed E-state index contributed by atoms with van der Waals surface area (Å²) in [6.45, 7) is 11.1. The zero-order valence-electron chi connectivity index (χ0n) is 18.4. The van der Waals surface area contributed by atoms with Crippen LogP contribution in [-0.4, -0.2) is 24.4 Å². The number of aldehydes is 1. The molecular formula is C25H32N4O. The Morgan fingerprint density at radius 2 is 2.00 bits per heavy atom.